The number of carbonyl (C=O) groups excluding carboxylic acids is 1. The summed E-state index contributed by atoms with van der Waals surface area (Å²) < 4.78 is 12.7. The van der Waals surface area contributed by atoms with Crippen LogP contribution in [0.15, 0.2) is 24.3 Å². The Morgan fingerprint density at radius 3 is 2.63 bits per heavy atom. The summed E-state index contributed by atoms with van der Waals surface area (Å²) >= 11 is 1.31. The van der Waals surface area contributed by atoms with Crippen LogP contribution in [0.4, 0.5) is 9.52 Å². The minimum absolute atomic E-state index is 0.166. The fraction of sp³-hybridized carbons (Fsp3) is 0.231. The number of aryl methyl sites for hydroxylation is 1. The minimum Gasteiger partial charge on any atom is -0.365 e. The Kier molecular flexibility index (Phi) is 4.11. The molecule has 2 N–H and O–H groups in total. The van der Waals surface area contributed by atoms with Crippen molar-refractivity contribution in [3.8, 4) is 0 Å². The van der Waals surface area contributed by atoms with Crippen LogP contribution in [0.25, 0.3) is 0 Å². The third kappa shape index (κ3) is 3.29. The maximum Gasteiger partial charge on any atom is 0.263 e. The van der Waals surface area contributed by atoms with Crippen molar-refractivity contribution < 1.29 is 9.18 Å². The Labute approximate surface area is 114 Å². The molecular formula is C13H14FN3OS. The molecule has 0 spiro atoms. The fourth-order valence-corrected chi connectivity index (χ4v) is 2.42. The topological polar surface area (TPSA) is 54.0 Å². The number of aromatic nitrogens is 1. The van der Waals surface area contributed by atoms with Crippen LogP contribution in [-0.2, 0) is 6.54 Å². The molecular weight excluding hydrogens is 265 g/mol. The van der Waals surface area contributed by atoms with Crippen molar-refractivity contribution in [2.24, 2.45) is 0 Å². The van der Waals surface area contributed by atoms with E-state index in [4.69, 9.17) is 0 Å². The van der Waals surface area contributed by atoms with Crippen LogP contribution in [-0.4, -0.2) is 17.9 Å². The van der Waals surface area contributed by atoms with Gasteiger partial charge in [-0.15, -0.1) is 0 Å². The van der Waals surface area contributed by atoms with E-state index >= 15 is 0 Å². The SMILES string of the molecule is CNc1nc(C)c(C(=O)NCc2ccc(F)cc2)s1. The van der Waals surface area contributed by atoms with Crippen LogP contribution in [0.5, 0.6) is 0 Å². The Balaban J connectivity index is 2.01. The molecule has 4 nitrogen and oxygen atoms in total. The number of benzene rings is 1. The standard InChI is InChI=1S/C13H14FN3OS/c1-8-11(19-13(15-2)17-8)12(18)16-7-9-3-5-10(14)6-4-9/h3-6H,7H2,1-2H3,(H,15,17)(H,16,18). The van der Waals surface area contributed by atoms with Crippen molar-refractivity contribution in [2.45, 2.75) is 13.5 Å². The van der Waals surface area contributed by atoms with Gasteiger partial charge in [0.2, 0.25) is 0 Å². The lowest BCUT2D eigenvalue weighted by Crippen LogP contribution is -2.22. The smallest absolute Gasteiger partial charge is 0.263 e. The van der Waals surface area contributed by atoms with E-state index in [0.717, 1.165) is 5.56 Å². The highest BCUT2D eigenvalue weighted by atomic mass is 32.1. The van der Waals surface area contributed by atoms with Crippen molar-refractivity contribution in [1.82, 2.24) is 10.3 Å². The van der Waals surface area contributed by atoms with Gasteiger partial charge in [-0.25, -0.2) is 9.37 Å². The van der Waals surface area contributed by atoms with E-state index in [9.17, 15) is 9.18 Å². The van der Waals surface area contributed by atoms with Gasteiger partial charge in [0.1, 0.15) is 10.7 Å². The van der Waals surface area contributed by atoms with E-state index in [0.29, 0.717) is 22.2 Å². The molecule has 0 radical (unpaired) electrons. The molecule has 0 fully saturated rings. The molecule has 1 heterocycles. The van der Waals surface area contributed by atoms with Crippen molar-refractivity contribution in [2.75, 3.05) is 12.4 Å². The van der Waals surface area contributed by atoms with Crippen LogP contribution in [0.1, 0.15) is 20.9 Å². The largest absolute Gasteiger partial charge is 0.365 e. The fourth-order valence-electron chi connectivity index (χ4n) is 1.58. The van der Waals surface area contributed by atoms with Crippen LogP contribution in [0, 0.1) is 12.7 Å². The average molecular weight is 279 g/mol. The second kappa shape index (κ2) is 5.79. The van der Waals surface area contributed by atoms with E-state index < -0.39 is 0 Å². The van der Waals surface area contributed by atoms with E-state index in [1.807, 2.05) is 0 Å². The highest BCUT2D eigenvalue weighted by Crippen LogP contribution is 2.21. The quantitative estimate of drug-likeness (QED) is 0.904. The summed E-state index contributed by atoms with van der Waals surface area (Å²) in [6, 6.07) is 6.04. The minimum atomic E-state index is -0.285. The summed E-state index contributed by atoms with van der Waals surface area (Å²) in [4.78, 5) is 16.8. The predicted molar refractivity (Wildman–Crippen MR) is 74.0 cm³/mol. The molecule has 1 aromatic carbocycles. The number of nitrogens with one attached hydrogen (secondary N) is 2. The van der Waals surface area contributed by atoms with Gasteiger partial charge >= 0.3 is 0 Å². The molecule has 0 aliphatic carbocycles. The molecule has 0 atom stereocenters. The van der Waals surface area contributed by atoms with Gasteiger partial charge in [0.15, 0.2) is 5.13 Å². The Morgan fingerprint density at radius 1 is 1.37 bits per heavy atom. The Bertz CT molecular complexity index is 580. The molecule has 0 unspecified atom stereocenters. The van der Waals surface area contributed by atoms with Crippen molar-refractivity contribution >= 4 is 22.4 Å². The molecule has 0 saturated heterocycles. The maximum absolute atomic E-state index is 12.7. The van der Waals surface area contributed by atoms with Crippen molar-refractivity contribution in [3.05, 3.63) is 46.2 Å². The maximum atomic E-state index is 12.7. The van der Waals surface area contributed by atoms with Gasteiger partial charge in [0, 0.05) is 13.6 Å². The monoisotopic (exact) mass is 279 g/mol. The number of carbonyl (C=O) groups is 1. The van der Waals surface area contributed by atoms with Gasteiger partial charge in [-0.1, -0.05) is 23.5 Å². The summed E-state index contributed by atoms with van der Waals surface area (Å²) in [5.41, 5.74) is 1.55. The Hall–Kier alpha value is -1.95. The summed E-state index contributed by atoms with van der Waals surface area (Å²) in [5, 5.41) is 6.42. The molecule has 19 heavy (non-hydrogen) atoms. The lowest BCUT2D eigenvalue weighted by atomic mass is 10.2. The number of thiazole rings is 1. The van der Waals surface area contributed by atoms with E-state index in [-0.39, 0.29) is 11.7 Å². The lowest BCUT2D eigenvalue weighted by Gasteiger charge is -2.04. The number of hydrogen-bond acceptors (Lipinski definition) is 4. The normalized spacial score (nSPS) is 10.3. The van der Waals surface area contributed by atoms with Crippen molar-refractivity contribution in [1.29, 1.82) is 0 Å². The number of anilines is 1. The highest BCUT2D eigenvalue weighted by Gasteiger charge is 2.14. The Morgan fingerprint density at radius 2 is 2.05 bits per heavy atom. The van der Waals surface area contributed by atoms with Crippen LogP contribution in [0.3, 0.4) is 0 Å². The first-order valence-corrected chi connectivity index (χ1v) is 6.59. The van der Waals surface area contributed by atoms with E-state index in [1.165, 1.54) is 23.5 Å². The molecule has 2 aromatic rings. The van der Waals surface area contributed by atoms with Crippen LogP contribution >= 0.6 is 11.3 Å². The average Bonchev–Trinajstić information content (AvgIpc) is 2.79. The summed E-state index contributed by atoms with van der Waals surface area (Å²) in [6.45, 7) is 2.16. The second-order valence-corrected chi connectivity index (χ2v) is 4.99. The van der Waals surface area contributed by atoms with E-state index in [2.05, 4.69) is 15.6 Å². The van der Waals surface area contributed by atoms with Crippen LogP contribution < -0.4 is 10.6 Å². The summed E-state index contributed by atoms with van der Waals surface area (Å²) in [5.74, 6) is -0.451. The van der Waals surface area contributed by atoms with Gasteiger partial charge in [-0.2, -0.15) is 0 Å². The molecule has 100 valence electrons. The first-order chi connectivity index (χ1) is 9.10. The predicted octanol–water partition coefficient (Wildman–Crippen LogP) is 2.56. The number of amides is 1. The summed E-state index contributed by atoms with van der Waals surface area (Å²) in [6.07, 6.45) is 0. The molecule has 6 heteroatoms. The van der Waals surface area contributed by atoms with Gasteiger partial charge < -0.3 is 10.6 Å². The highest BCUT2D eigenvalue weighted by molar-refractivity contribution is 7.17. The molecule has 0 aliphatic heterocycles. The van der Waals surface area contributed by atoms with Gasteiger partial charge in [-0.3, -0.25) is 4.79 Å². The molecule has 0 aliphatic rings. The molecule has 1 amide bonds. The molecule has 2 rings (SSSR count). The van der Waals surface area contributed by atoms with Gasteiger partial charge in [0.25, 0.3) is 5.91 Å². The zero-order valence-corrected chi connectivity index (χ0v) is 11.5. The first-order valence-electron chi connectivity index (χ1n) is 5.78. The third-order valence-corrected chi connectivity index (χ3v) is 3.76. The zero-order valence-electron chi connectivity index (χ0n) is 10.7. The first kappa shape index (κ1) is 13.5. The molecule has 1 aromatic heterocycles. The molecule has 0 bridgehead atoms. The van der Waals surface area contributed by atoms with Crippen LogP contribution in [0.2, 0.25) is 0 Å². The van der Waals surface area contributed by atoms with Gasteiger partial charge in [0.05, 0.1) is 5.69 Å². The second-order valence-electron chi connectivity index (χ2n) is 3.99. The number of hydrogen-bond donors (Lipinski definition) is 2. The third-order valence-electron chi connectivity index (χ3n) is 2.58. The van der Waals surface area contributed by atoms with Crippen molar-refractivity contribution in [3.63, 3.8) is 0 Å². The van der Waals surface area contributed by atoms with E-state index in [1.54, 1.807) is 26.1 Å². The van der Waals surface area contributed by atoms with Gasteiger partial charge in [-0.05, 0) is 24.6 Å². The molecule has 0 saturated carbocycles. The zero-order chi connectivity index (χ0) is 13.8. The number of halogens is 1. The number of nitrogens with zero attached hydrogens (tertiary/aromatic N) is 1. The summed E-state index contributed by atoms with van der Waals surface area (Å²) in [7, 11) is 1.76. The number of rotatable bonds is 4. The lowest BCUT2D eigenvalue weighted by molar-refractivity contribution is 0.0954.